The number of sulfonamides is 1. The van der Waals surface area contributed by atoms with Gasteiger partial charge in [-0.1, -0.05) is 0 Å². The third-order valence-corrected chi connectivity index (χ3v) is 6.43. The topological polar surface area (TPSA) is 74.3 Å². The fraction of sp³-hybridized carbons (Fsp3) is 0.625. The number of hydrogen-bond donors (Lipinski definition) is 0. The molecule has 0 aliphatic carbocycles. The minimum atomic E-state index is -3.64. The lowest BCUT2D eigenvalue weighted by Crippen LogP contribution is -2.51. The SMILES string of the molecule is COc1ccc(S(=O)(=O)N2CCC3(CC2)OCCCO3)c(OC)c1. The Labute approximate surface area is 142 Å². The first-order valence-corrected chi connectivity index (χ1v) is 9.45. The second kappa shape index (κ2) is 6.87. The maximum Gasteiger partial charge on any atom is 0.246 e. The second-order valence-corrected chi connectivity index (χ2v) is 7.79. The molecule has 0 saturated carbocycles. The van der Waals surface area contributed by atoms with Crippen LogP contribution in [-0.2, 0) is 19.5 Å². The molecular weight excluding hydrogens is 334 g/mol. The Kier molecular flexibility index (Phi) is 5.00. The van der Waals surface area contributed by atoms with Gasteiger partial charge in [0.25, 0.3) is 0 Å². The highest BCUT2D eigenvalue weighted by Crippen LogP contribution is 2.35. The van der Waals surface area contributed by atoms with E-state index in [1.165, 1.54) is 24.6 Å². The van der Waals surface area contributed by atoms with E-state index in [9.17, 15) is 8.42 Å². The van der Waals surface area contributed by atoms with Gasteiger partial charge in [0, 0.05) is 32.0 Å². The molecule has 134 valence electrons. The van der Waals surface area contributed by atoms with Crippen molar-refractivity contribution >= 4 is 10.0 Å². The lowest BCUT2D eigenvalue weighted by molar-refractivity contribution is -0.280. The van der Waals surface area contributed by atoms with Crippen LogP contribution in [0.3, 0.4) is 0 Å². The van der Waals surface area contributed by atoms with Crippen LogP contribution in [0.2, 0.25) is 0 Å². The fourth-order valence-corrected chi connectivity index (χ4v) is 4.68. The summed E-state index contributed by atoms with van der Waals surface area (Å²) in [5.41, 5.74) is 0. The van der Waals surface area contributed by atoms with E-state index in [0.29, 0.717) is 44.9 Å². The summed E-state index contributed by atoms with van der Waals surface area (Å²) in [6.45, 7) is 2.05. The molecule has 2 heterocycles. The van der Waals surface area contributed by atoms with Gasteiger partial charge >= 0.3 is 0 Å². The van der Waals surface area contributed by atoms with Crippen LogP contribution in [0.15, 0.2) is 23.1 Å². The zero-order valence-electron chi connectivity index (χ0n) is 14.0. The van der Waals surface area contributed by atoms with Gasteiger partial charge in [-0.2, -0.15) is 4.31 Å². The van der Waals surface area contributed by atoms with Gasteiger partial charge in [-0.3, -0.25) is 0 Å². The molecule has 0 unspecified atom stereocenters. The molecule has 24 heavy (non-hydrogen) atoms. The maximum absolute atomic E-state index is 13.0. The summed E-state index contributed by atoms with van der Waals surface area (Å²) in [5, 5.41) is 0. The van der Waals surface area contributed by atoms with E-state index >= 15 is 0 Å². The van der Waals surface area contributed by atoms with Crippen LogP contribution in [0.25, 0.3) is 0 Å². The maximum atomic E-state index is 13.0. The summed E-state index contributed by atoms with van der Waals surface area (Å²) in [6.07, 6.45) is 1.95. The molecule has 1 spiro atoms. The van der Waals surface area contributed by atoms with Crippen molar-refractivity contribution in [3.63, 3.8) is 0 Å². The first kappa shape index (κ1) is 17.5. The first-order chi connectivity index (χ1) is 11.5. The number of benzene rings is 1. The molecule has 7 nitrogen and oxygen atoms in total. The molecule has 1 aromatic carbocycles. The smallest absolute Gasteiger partial charge is 0.246 e. The Balaban J connectivity index is 1.79. The highest BCUT2D eigenvalue weighted by molar-refractivity contribution is 7.89. The summed E-state index contributed by atoms with van der Waals surface area (Å²) in [7, 11) is -0.671. The van der Waals surface area contributed by atoms with Crippen molar-refractivity contribution < 1.29 is 27.4 Å². The predicted octanol–water partition coefficient (Wildman–Crippen LogP) is 1.62. The molecular formula is C16H23NO6S. The monoisotopic (exact) mass is 357 g/mol. The minimum Gasteiger partial charge on any atom is -0.497 e. The van der Waals surface area contributed by atoms with E-state index < -0.39 is 15.8 Å². The Morgan fingerprint density at radius 2 is 1.75 bits per heavy atom. The summed E-state index contributed by atoms with van der Waals surface area (Å²) >= 11 is 0. The largest absolute Gasteiger partial charge is 0.497 e. The molecule has 8 heteroatoms. The van der Waals surface area contributed by atoms with Gasteiger partial charge in [-0.15, -0.1) is 0 Å². The number of methoxy groups -OCH3 is 2. The molecule has 2 aliphatic rings. The van der Waals surface area contributed by atoms with Gasteiger partial charge in [0.15, 0.2) is 5.79 Å². The summed E-state index contributed by atoms with van der Waals surface area (Å²) < 4.78 is 49.3. The van der Waals surface area contributed by atoms with Crippen molar-refractivity contribution in [2.24, 2.45) is 0 Å². The van der Waals surface area contributed by atoms with E-state index in [4.69, 9.17) is 18.9 Å². The predicted molar refractivity (Wildman–Crippen MR) is 86.8 cm³/mol. The van der Waals surface area contributed by atoms with Crippen molar-refractivity contribution in [3.05, 3.63) is 18.2 Å². The highest BCUT2D eigenvalue weighted by Gasteiger charge is 2.42. The van der Waals surface area contributed by atoms with Gasteiger partial charge in [-0.25, -0.2) is 8.42 Å². The number of nitrogens with zero attached hydrogens (tertiary/aromatic N) is 1. The van der Waals surface area contributed by atoms with Crippen LogP contribution >= 0.6 is 0 Å². The molecule has 0 radical (unpaired) electrons. The van der Waals surface area contributed by atoms with Crippen molar-refractivity contribution in [3.8, 4) is 11.5 Å². The molecule has 2 aliphatic heterocycles. The third-order valence-electron chi connectivity index (χ3n) is 4.49. The summed E-state index contributed by atoms with van der Waals surface area (Å²) in [4.78, 5) is 0.146. The van der Waals surface area contributed by atoms with Gasteiger partial charge in [0.1, 0.15) is 16.4 Å². The molecule has 0 aromatic heterocycles. The molecule has 3 rings (SSSR count). The van der Waals surface area contributed by atoms with E-state index in [-0.39, 0.29) is 10.6 Å². The van der Waals surface area contributed by atoms with E-state index in [1.807, 2.05) is 0 Å². The zero-order valence-corrected chi connectivity index (χ0v) is 14.8. The van der Waals surface area contributed by atoms with Crippen molar-refractivity contribution in [1.82, 2.24) is 4.31 Å². The van der Waals surface area contributed by atoms with E-state index in [0.717, 1.165) is 6.42 Å². The van der Waals surface area contributed by atoms with Crippen LogP contribution < -0.4 is 9.47 Å². The van der Waals surface area contributed by atoms with Crippen molar-refractivity contribution in [1.29, 1.82) is 0 Å². The fourth-order valence-electron chi connectivity index (χ4n) is 3.10. The molecule has 0 atom stereocenters. The van der Waals surface area contributed by atoms with Crippen LogP contribution in [-0.4, -0.2) is 59.0 Å². The lowest BCUT2D eigenvalue weighted by atomic mass is 10.0. The van der Waals surface area contributed by atoms with E-state index in [1.54, 1.807) is 12.1 Å². The highest BCUT2D eigenvalue weighted by atomic mass is 32.2. The van der Waals surface area contributed by atoms with Gasteiger partial charge in [-0.05, 0) is 18.6 Å². The van der Waals surface area contributed by atoms with Crippen molar-refractivity contribution in [2.45, 2.75) is 29.9 Å². The van der Waals surface area contributed by atoms with Gasteiger partial charge in [0.05, 0.1) is 27.4 Å². The Morgan fingerprint density at radius 3 is 2.33 bits per heavy atom. The minimum absolute atomic E-state index is 0.146. The van der Waals surface area contributed by atoms with Gasteiger partial charge in [0.2, 0.25) is 10.0 Å². The molecule has 1 aromatic rings. The Morgan fingerprint density at radius 1 is 1.08 bits per heavy atom. The standard InChI is InChI=1S/C16H23NO6S/c1-20-13-4-5-15(14(12-13)21-2)24(18,19)17-8-6-16(7-9-17)22-10-3-11-23-16/h4-5,12H,3,6-11H2,1-2H3. The summed E-state index contributed by atoms with van der Waals surface area (Å²) in [5.74, 6) is 0.209. The average molecular weight is 357 g/mol. The molecule has 0 amide bonds. The van der Waals surface area contributed by atoms with Gasteiger partial charge < -0.3 is 18.9 Å². The molecule has 2 fully saturated rings. The quantitative estimate of drug-likeness (QED) is 0.815. The van der Waals surface area contributed by atoms with Crippen LogP contribution in [0.5, 0.6) is 11.5 Å². The Bertz CT molecular complexity index is 674. The number of hydrogen-bond acceptors (Lipinski definition) is 6. The van der Waals surface area contributed by atoms with Crippen LogP contribution in [0.4, 0.5) is 0 Å². The normalized spacial score (nSPS) is 21.6. The summed E-state index contributed by atoms with van der Waals surface area (Å²) in [6, 6.07) is 4.71. The first-order valence-electron chi connectivity index (χ1n) is 8.01. The third kappa shape index (κ3) is 3.23. The Hall–Kier alpha value is -1.35. The molecule has 0 N–H and O–H groups in total. The van der Waals surface area contributed by atoms with E-state index in [2.05, 4.69) is 0 Å². The number of piperidine rings is 1. The molecule has 2 saturated heterocycles. The van der Waals surface area contributed by atoms with Crippen molar-refractivity contribution in [2.75, 3.05) is 40.5 Å². The van der Waals surface area contributed by atoms with Crippen LogP contribution in [0.1, 0.15) is 19.3 Å². The lowest BCUT2D eigenvalue weighted by Gasteiger charge is -2.42. The number of ether oxygens (including phenoxy) is 4. The average Bonchev–Trinajstić information content (AvgIpc) is 2.62. The number of rotatable bonds is 4. The zero-order chi connectivity index (χ0) is 17.2. The second-order valence-electron chi connectivity index (χ2n) is 5.88. The van der Waals surface area contributed by atoms with Crippen LogP contribution in [0, 0.1) is 0 Å². The molecule has 0 bridgehead atoms.